The Kier molecular flexibility index (Phi) is 2.68. The van der Waals surface area contributed by atoms with Gasteiger partial charge in [-0.15, -0.1) is 0 Å². The van der Waals surface area contributed by atoms with Gasteiger partial charge in [-0.1, -0.05) is 0 Å². The van der Waals surface area contributed by atoms with Crippen molar-refractivity contribution in [2.24, 2.45) is 7.05 Å². The zero-order valence-corrected chi connectivity index (χ0v) is 10.4. The van der Waals surface area contributed by atoms with Crippen LogP contribution >= 0.6 is 0 Å². The van der Waals surface area contributed by atoms with Gasteiger partial charge in [0.05, 0.1) is 0 Å². The largest absolute Gasteiger partial charge is 1.00 e. The highest BCUT2D eigenvalue weighted by atomic mass is 127. The second-order valence-electron chi connectivity index (χ2n) is 3.44. The van der Waals surface area contributed by atoms with Crippen molar-refractivity contribution in [2.75, 3.05) is 6.79 Å². The quantitative estimate of drug-likeness (QED) is 0.432. The molecular formula is C11H10INO2. The van der Waals surface area contributed by atoms with E-state index < -0.39 is 0 Å². The summed E-state index contributed by atoms with van der Waals surface area (Å²) in [4.78, 5) is 0. The number of rotatable bonds is 0. The molecule has 3 rings (SSSR count). The number of nitrogens with zero attached hydrogens (tertiary/aromatic N) is 1. The van der Waals surface area contributed by atoms with Crippen LogP contribution in [0.2, 0.25) is 0 Å². The standard InChI is InChI=1S/C11H10NO2.HI/c1-12-3-2-8-4-10-11(14-7-13-10)5-9(8)6-12;/h2-6H,7H2,1H3;1H/q+1;/p-1. The average Bonchev–Trinajstić information content (AvgIpc) is 2.61. The molecule has 0 spiro atoms. The zero-order valence-electron chi connectivity index (χ0n) is 8.24. The van der Waals surface area contributed by atoms with E-state index in [1.54, 1.807) is 0 Å². The number of aryl methyl sites for hydroxylation is 1. The van der Waals surface area contributed by atoms with Gasteiger partial charge in [-0.25, -0.2) is 4.57 Å². The molecule has 1 aliphatic rings. The highest BCUT2D eigenvalue weighted by Gasteiger charge is 2.14. The summed E-state index contributed by atoms with van der Waals surface area (Å²) in [5.74, 6) is 1.68. The minimum atomic E-state index is 0. The molecule has 2 heterocycles. The van der Waals surface area contributed by atoms with Crippen LogP contribution in [-0.4, -0.2) is 6.79 Å². The van der Waals surface area contributed by atoms with Crippen molar-refractivity contribution in [3.8, 4) is 11.5 Å². The molecule has 0 N–H and O–H groups in total. The van der Waals surface area contributed by atoms with Crippen molar-refractivity contribution >= 4 is 10.8 Å². The lowest BCUT2D eigenvalue weighted by atomic mass is 10.1. The Bertz CT molecular complexity index is 513. The third-order valence-electron chi connectivity index (χ3n) is 2.41. The average molecular weight is 315 g/mol. The fourth-order valence-electron chi connectivity index (χ4n) is 1.69. The van der Waals surface area contributed by atoms with E-state index in [9.17, 15) is 0 Å². The van der Waals surface area contributed by atoms with Gasteiger partial charge in [-0.3, -0.25) is 0 Å². The molecule has 0 aliphatic carbocycles. The number of fused-ring (bicyclic) bond motifs is 2. The van der Waals surface area contributed by atoms with Crippen LogP contribution in [0.25, 0.3) is 10.8 Å². The van der Waals surface area contributed by atoms with Gasteiger partial charge in [-0.05, 0) is 17.5 Å². The fraction of sp³-hybridized carbons (Fsp3) is 0.182. The second kappa shape index (κ2) is 3.84. The van der Waals surface area contributed by atoms with E-state index in [0.29, 0.717) is 6.79 Å². The predicted molar refractivity (Wildman–Crippen MR) is 51.2 cm³/mol. The summed E-state index contributed by atoms with van der Waals surface area (Å²) in [5, 5.41) is 2.34. The third-order valence-corrected chi connectivity index (χ3v) is 2.41. The number of hydrogen-bond donors (Lipinski definition) is 0. The van der Waals surface area contributed by atoms with E-state index in [-0.39, 0.29) is 24.0 Å². The van der Waals surface area contributed by atoms with Crippen molar-refractivity contribution in [3.05, 3.63) is 30.6 Å². The highest BCUT2D eigenvalue weighted by Crippen LogP contribution is 2.35. The molecule has 78 valence electrons. The maximum atomic E-state index is 5.31. The molecule has 0 fully saturated rings. The number of ether oxygens (including phenoxy) is 2. The number of hydrogen-bond acceptors (Lipinski definition) is 2. The second-order valence-corrected chi connectivity index (χ2v) is 3.44. The number of pyridine rings is 1. The molecule has 2 aromatic rings. The van der Waals surface area contributed by atoms with E-state index in [4.69, 9.17) is 9.47 Å². The summed E-state index contributed by atoms with van der Waals surface area (Å²) in [7, 11) is 2.00. The minimum absolute atomic E-state index is 0. The Morgan fingerprint density at radius 3 is 2.53 bits per heavy atom. The molecule has 1 aromatic carbocycles. The van der Waals surface area contributed by atoms with Crippen LogP contribution in [0.15, 0.2) is 30.6 Å². The van der Waals surface area contributed by atoms with E-state index in [1.165, 1.54) is 10.8 Å². The zero-order chi connectivity index (χ0) is 9.54. The van der Waals surface area contributed by atoms with Crippen LogP contribution in [0.1, 0.15) is 0 Å². The van der Waals surface area contributed by atoms with Crippen LogP contribution in [0.3, 0.4) is 0 Å². The van der Waals surface area contributed by atoms with Crippen molar-refractivity contribution in [1.82, 2.24) is 0 Å². The first-order valence-corrected chi connectivity index (χ1v) is 4.51. The molecule has 0 saturated heterocycles. The first kappa shape index (κ1) is 10.5. The van der Waals surface area contributed by atoms with Gasteiger partial charge in [0.25, 0.3) is 0 Å². The van der Waals surface area contributed by atoms with Gasteiger partial charge in [0, 0.05) is 11.5 Å². The van der Waals surface area contributed by atoms with Crippen LogP contribution in [0.4, 0.5) is 0 Å². The highest BCUT2D eigenvalue weighted by molar-refractivity contribution is 5.84. The van der Waals surface area contributed by atoms with Crippen molar-refractivity contribution in [2.45, 2.75) is 0 Å². The maximum Gasteiger partial charge on any atom is 0.231 e. The molecule has 3 nitrogen and oxygen atoms in total. The Morgan fingerprint density at radius 2 is 1.80 bits per heavy atom. The van der Waals surface area contributed by atoms with Crippen molar-refractivity contribution in [3.63, 3.8) is 0 Å². The topological polar surface area (TPSA) is 22.3 Å². The van der Waals surface area contributed by atoms with Gasteiger partial charge in [0.2, 0.25) is 6.79 Å². The number of aromatic nitrogens is 1. The molecule has 0 radical (unpaired) electrons. The van der Waals surface area contributed by atoms with Gasteiger partial charge < -0.3 is 33.5 Å². The molecule has 0 amide bonds. The molecule has 0 unspecified atom stereocenters. The third kappa shape index (κ3) is 1.73. The van der Waals surface area contributed by atoms with E-state index in [0.717, 1.165) is 11.5 Å². The smallest absolute Gasteiger partial charge is 0.231 e. The monoisotopic (exact) mass is 315 g/mol. The van der Waals surface area contributed by atoms with Gasteiger partial charge in [0.1, 0.15) is 7.05 Å². The Balaban J connectivity index is 0.000000853. The van der Waals surface area contributed by atoms with E-state index >= 15 is 0 Å². The summed E-state index contributed by atoms with van der Waals surface area (Å²) < 4.78 is 12.6. The molecule has 15 heavy (non-hydrogen) atoms. The summed E-state index contributed by atoms with van der Waals surface area (Å²) in [6.07, 6.45) is 4.09. The molecule has 1 aromatic heterocycles. The SMILES string of the molecule is C[n+]1ccc2cc3c(cc2c1)OCO3.[I-]. The first-order valence-electron chi connectivity index (χ1n) is 4.51. The lowest BCUT2D eigenvalue weighted by Crippen LogP contribution is -3.00. The molecule has 1 aliphatic heterocycles. The van der Waals surface area contributed by atoms with Gasteiger partial charge in [-0.2, -0.15) is 0 Å². The first-order chi connectivity index (χ1) is 6.83. The van der Waals surface area contributed by atoms with Gasteiger partial charge in [0.15, 0.2) is 23.9 Å². The molecule has 0 bridgehead atoms. The van der Waals surface area contributed by atoms with Crippen LogP contribution < -0.4 is 38.0 Å². The number of halogens is 1. The van der Waals surface area contributed by atoms with E-state index in [1.807, 2.05) is 29.9 Å². The number of benzene rings is 1. The molecular weight excluding hydrogens is 305 g/mol. The van der Waals surface area contributed by atoms with Crippen LogP contribution in [-0.2, 0) is 7.05 Å². The minimum Gasteiger partial charge on any atom is -1.00 e. The van der Waals surface area contributed by atoms with Crippen molar-refractivity contribution in [1.29, 1.82) is 0 Å². The Morgan fingerprint density at radius 1 is 1.13 bits per heavy atom. The molecule has 4 heteroatoms. The Labute approximate surface area is 105 Å². The predicted octanol–water partition coefficient (Wildman–Crippen LogP) is -1.60. The molecule has 0 saturated carbocycles. The van der Waals surface area contributed by atoms with Crippen LogP contribution in [0, 0.1) is 0 Å². The fourth-order valence-corrected chi connectivity index (χ4v) is 1.69. The molecule has 0 atom stereocenters. The summed E-state index contributed by atoms with van der Waals surface area (Å²) >= 11 is 0. The Hall–Kier alpha value is -1.04. The lowest BCUT2D eigenvalue weighted by molar-refractivity contribution is -0.670. The summed E-state index contributed by atoms with van der Waals surface area (Å²) in [6.45, 7) is 0.331. The van der Waals surface area contributed by atoms with Crippen LogP contribution in [0.5, 0.6) is 11.5 Å². The normalized spacial score (nSPS) is 12.6. The van der Waals surface area contributed by atoms with E-state index in [2.05, 4.69) is 12.3 Å². The van der Waals surface area contributed by atoms with Crippen molar-refractivity contribution < 1.29 is 38.0 Å². The lowest BCUT2D eigenvalue weighted by Gasteiger charge is -1.98. The summed E-state index contributed by atoms with van der Waals surface area (Å²) in [5.41, 5.74) is 0. The van der Waals surface area contributed by atoms with Gasteiger partial charge >= 0.3 is 0 Å². The summed E-state index contributed by atoms with van der Waals surface area (Å²) in [6, 6.07) is 6.09. The maximum absolute atomic E-state index is 5.31.